The second-order valence-corrected chi connectivity index (χ2v) is 4.22. The van der Waals surface area contributed by atoms with Gasteiger partial charge in [-0.2, -0.15) is 0 Å². The Morgan fingerprint density at radius 3 is 2.28 bits per heavy atom. The maximum absolute atomic E-state index is 12.1. The van der Waals surface area contributed by atoms with Crippen LogP contribution in [0, 0.1) is 0 Å². The van der Waals surface area contributed by atoms with Gasteiger partial charge in [-0.1, -0.05) is 13.8 Å². The molecule has 0 aliphatic carbocycles. The molecule has 5 heteroatoms. The normalized spacial score (nSPS) is 10.9. The minimum absolute atomic E-state index is 0.136. The molecule has 0 aliphatic heterocycles. The molecular weight excluding hydrogens is 232 g/mol. The van der Waals surface area contributed by atoms with E-state index in [4.69, 9.17) is 9.47 Å². The Kier molecular flexibility index (Phi) is 11.0. The number of methoxy groups -OCH3 is 2. The molecule has 0 fully saturated rings. The van der Waals surface area contributed by atoms with Crippen molar-refractivity contribution in [2.75, 3.05) is 47.1 Å². The zero-order valence-corrected chi connectivity index (χ0v) is 12.2. The molecule has 0 unspecified atom stereocenters. The highest BCUT2D eigenvalue weighted by atomic mass is 16.5. The predicted molar refractivity (Wildman–Crippen MR) is 72.7 cm³/mol. The van der Waals surface area contributed by atoms with Crippen molar-refractivity contribution in [1.29, 1.82) is 0 Å². The molecule has 0 heterocycles. The van der Waals surface area contributed by atoms with Gasteiger partial charge in [0, 0.05) is 33.4 Å². The predicted octanol–water partition coefficient (Wildman–Crippen LogP) is 0.886. The number of carbonyl (C=O) groups excluding carboxylic acids is 1. The van der Waals surface area contributed by atoms with Gasteiger partial charge in [0.2, 0.25) is 5.91 Å². The smallest absolute Gasteiger partial charge is 0.236 e. The van der Waals surface area contributed by atoms with Crippen LogP contribution in [0.4, 0.5) is 0 Å². The second-order valence-electron chi connectivity index (χ2n) is 4.22. The number of hydrogen-bond acceptors (Lipinski definition) is 4. The maximum Gasteiger partial charge on any atom is 0.236 e. The van der Waals surface area contributed by atoms with Crippen LogP contribution in [-0.4, -0.2) is 63.9 Å². The van der Waals surface area contributed by atoms with Crippen LogP contribution in [0.3, 0.4) is 0 Å². The van der Waals surface area contributed by atoms with Crippen molar-refractivity contribution in [3.8, 4) is 0 Å². The van der Waals surface area contributed by atoms with E-state index in [1.54, 1.807) is 14.2 Å². The van der Waals surface area contributed by atoms with Crippen molar-refractivity contribution >= 4 is 5.91 Å². The number of nitrogens with one attached hydrogen (secondary N) is 1. The fourth-order valence-electron chi connectivity index (χ4n) is 1.90. The van der Waals surface area contributed by atoms with Gasteiger partial charge in [0.15, 0.2) is 0 Å². The summed E-state index contributed by atoms with van der Waals surface area (Å²) in [5, 5.41) is 3.09. The van der Waals surface area contributed by atoms with Crippen molar-refractivity contribution in [2.24, 2.45) is 0 Å². The van der Waals surface area contributed by atoms with Gasteiger partial charge in [-0.3, -0.25) is 4.79 Å². The van der Waals surface area contributed by atoms with Gasteiger partial charge >= 0.3 is 0 Å². The van der Waals surface area contributed by atoms with Crippen molar-refractivity contribution in [3.05, 3.63) is 0 Å². The zero-order chi connectivity index (χ0) is 13.8. The molecule has 0 aromatic carbocycles. The van der Waals surface area contributed by atoms with E-state index in [0.29, 0.717) is 38.9 Å². The Balaban J connectivity index is 4.21. The number of ether oxygens (including phenoxy) is 2. The molecule has 108 valence electrons. The lowest BCUT2D eigenvalue weighted by Gasteiger charge is -2.30. The van der Waals surface area contributed by atoms with Gasteiger partial charge < -0.3 is 19.7 Å². The molecule has 0 aliphatic rings. The fourth-order valence-corrected chi connectivity index (χ4v) is 1.90. The Morgan fingerprint density at radius 2 is 1.78 bits per heavy atom. The van der Waals surface area contributed by atoms with Crippen LogP contribution in [0.1, 0.15) is 26.7 Å². The maximum atomic E-state index is 12.1. The number of nitrogens with zero attached hydrogens (tertiary/aromatic N) is 1. The molecule has 1 N–H and O–H groups in total. The third-order valence-electron chi connectivity index (χ3n) is 3.00. The van der Waals surface area contributed by atoms with Crippen LogP contribution >= 0.6 is 0 Å². The minimum Gasteiger partial charge on any atom is -0.383 e. The summed E-state index contributed by atoms with van der Waals surface area (Å²) in [4.78, 5) is 14.1. The average Bonchev–Trinajstić information content (AvgIpc) is 2.39. The highest BCUT2D eigenvalue weighted by Crippen LogP contribution is 2.08. The lowest BCUT2D eigenvalue weighted by Crippen LogP contribution is -2.46. The van der Waals surface area contributed by atoms with E-state index >= 15 is 0 Å². The number of hydrogen-bond donors (Lipinski definition) is 1. The summed E-state index contributed by atoms with van der Waals surface area (Å²) in [6.45, 7) is 7.15. The molecular formula is C13H28N2O3. The monoisotopic (exact) mass is 260 g/mol. The molecule has 0 aromatic heterocycles. The summed E-state index contributed by atoms with van der Waals surface area (Å²) in [6.07, 6.45) is 1.95. The molecule has 0 rings (SSSR count). The standard InChI is InChI=1S/C13H28N2O3/c1-5-12(6-2)15(8-10-18-4)13(16)11-14-7-9-17-3/h12,14H,5-11H2,1-4H3. The second kappa shape index (κ2) is 11.4. The third kappa shape index (κ3) is 6.93. The van der Waals surface area contributed by atoms with Crippen molar-refractivity contribution in [2.45, 2.75) is 32.7 Å². The first-order valence-electron chi connectivity index (χ1n) is 6.69. The number of rotatable bonds is 11. The zero-order valence-electron chi connectivity index (χ0n) is 12.2. The van der Waals surface area contributed by atoms with Crippen LogP contribution in [-0.2, 0) is 14.3 Å². The highest BCUT2D eigenvalue weighted by Gasteiger charge is 2.19. The van der Waals surface area contributed by atoms with Gasteiger partial charge in [0.1, 0.15) is 0 Å². The molecule has 0 saturated heterocycles. The Morgan fingerprint density at radius 1 is 1.17 bits per heavy atom. The van der Waals surface area contributed by atoms with Crippen LogP contribution in [0.25, 0.3) is 0 Å². The van der Waals surface area contributed by atoms with Crippen molar-refractivity contribution in [3.63, 3.8) is 0 Å². The average molecular weight is 260 g/mol. The van der Waals surface area contributed by atoms with Crippen LogP contribution in [0.15, 0.2) is 0 Å². The fraction of sp³-hybridized carbons (Fsp3) is 0.923. The SMILES string of the molecule is CCC(CC)N(CCOC)C(=O)CNCCOC. The minimum atomic E-state index is 0.136. The quantitative estimate of drug-likeness (QED) is 0.560. The molecule has 5 nitrogen and oxygen atoms in total. The lowest BCUT2D eigenvalue weighted by atomic mass is 10.1. The van der Waals surface area contributed by atoms with E-state index < -0.39 is 0 Å². The van der Waals surface area contributed by atoms with E-state index in [9.17, 15) is 4.79 Å². The number of amides is 1. The molecule has 18 heavy (non-hydrogen) atoms. The van der Waals surface area contributed by atoms with E-state index in [2.05, 4.69) is 19.2 Å². The van der Waals surface area contributed by atoms with Gasteiger partial charge in [-0.05, 0) is 12.8 Å². The molecule has 0 aromatic rings. The van der Waals surface area contributed by atoms with Gasteiger partial charge in [0.25, 0.3) is 0 Å². The van der Waals surface area contributed by atoms with E-state index in [1.807, 2.05) is 4.90 Å². The summed E-state index contributed by atoms with van der Waals surface area (Å²) < 4.78 is 10.0. The highest BCUT2D eigenvalue weighted by molar-refractivity contribution is 5.78. The molecule has 0 radical (unpaired) electrons. The number of carbonyl (C=O) groups is 1. The first-order chi connectivity index (χ1) is 8.71. The first kappa shape index (κ1) is 17.4. The molecule has 1 amide bonds. The molecule has 0 saturated carbocycles. The summed E-state index contributed by atoms with van der Waals surface area (Å²) in [6, 6.07) is 0.303. The lowest BCUT2D eigenvalue weighted by molar-refractivity contribution is -0.133. The summed E-state index contributed by atoms with van der Waals surface area (Å²) in [7, 11) is 3.31. The van der Waals surface area contributed by atoms with Crippen molar-refractivity contribution < 1.29 is 14.3 Å². The molecule has 0 atom stereocenters. The topological polar surface area (TPSA) is 50.8 Å². The third-order valence-corrected chi connectivity index (χ3v) is 3.00. The summed E-state index contributed by atoms with van der Waals surface area (Å²) in [5.41, 5.74) is 0. The van der Waals surface area contributed by atoms with E-state index in [0.717, 1.165) is 12.8 Å². The Bertz CT molecular complexity index is 208. The van der Waals surface area contributed by atoms with E-state index in [-0.39, 0.29) is 5.91 Å². The largest absolute Gasteiger partial charge is 0.383 e. The van der Waals surface area contributed by atoms with Crippen LogP contribution < -0.4 is 5.32 Å². The Hall–Kier alpha value is -0.650. The first-order valence-corrected chi connectivity index (χ1v) is 6.69. The van der Waals surface area contributed by atoms with Crippen molar-refractivity contribution in [1.82, 2.24) is 10.2 Å². The van der Waals surface area contributed by atoms with Gasteiger partial charge in [-0.25, -0.2) is 0 Å². The summed E-state index contributed by atoms with van der Waals surface area (Å²) in [5.74, 6) is 0.136. The molecule has 0 spiro atoms. The Labute approximate surface area is 111 Å². The van der Waals surface area contributed by atoms with E-state index in [1.165, 1.54) is 0 Å². The van der Waals surface area contributed by atoms with Crippen LogP contribution in [0.5, 0.6) is 0 Å². The van der Waals surface area contributed by atoms with Gasteiger partial charge in [-0.15, -0.1) is 0 Å². The summed E-state index contributed by atoms with van der Waals surface area (Å²) >= 11 is 0. The van der Waals surface area contributed by atoms with Gasteiger partial charge in [0.05, 0.1) is 19.8 Å². The van der Waals surface area contributed by atoms with Crippen LogP contribution in [0.2, 0.25) is 0 Å². The molecule has 0 bridgehead atoms.